The number of hydrogen-bond acceptors (Lipinski definition) is 5. The van der Waals surface area contributed by atoms with Crippen molar-refractivity contribution in [2.75, 3.05) is 20.2 Å². The second kappa shape index (κ2) is 5.73. The standard InChI is InChI=1S/C15H18N2O4/c1-17-7-3-2-4-11(17)9-20-15-16-12-6-5-10(14(18)19)8-13(12)21-15/h5-6,8,11H,2-4,7,9H2,1H3,(H,18,19). The number of ether oxygens (including phenoxy) is 1. The van der Waals surface area contributed by atoms with E-state index in [1.165, 1.54) is 25.0 Å². The number of aromatic nitrogens is 1. The van der Waals surface area contributed by atoms with E-state index in [1.807, 2.05) is 0 Å². The average molecular weight is 290 g/mol. The third kappa shape index (κ3) is 3.00. The number of carboxylic acid groups (broad SMARTS) is 1. The fourth-order valence-electron chi connectivity index (χ4n) is 2.62. The number of piperidine rings is 1. The molecule has 1 aromatic heterocycles. The second-order valence-electron chi connectivity index (χ2n) is 5.41. The van der Waals surface area contributed by atoms with Crippen LogP contribution in [0, 0.1) is 0 Å². The van der Waals surface area contributed by atoms with Crippen LogP contribution < -0.4 is 4.74 Å². The summed E-state index contributed by atoms with van der Waals surface area (Å²) in [5, 5.41) is 8.95. The number of oxazole rings is 1. The molecule has 6 nitrogen and oxygen atoms in total. The van der Waals surface area contributed by atoms with Gasteiger partial charge in [-0.3, -0.25) is 0 Å². The minimum absolute atomic E-state index is 0.178. The summed E-state index contributed by atoms with van der Waals surface area (Å²) in [5.74, 6) is -0.986. The fraction of sp³-hybridized carbons (Fsp3) is 0.467. The lowest BCUT2D eigenvalue weighted by molar-refractivity contribution is 0.0696. The number of carbonyl (C=O) groups is 1. The Kier molecular flexibility index (Phi) is 3.79. The third-order valence-corrected chi connectivity index (χ3v) is 3.94. The first-order chi connectivity index (χ1) is 10.1. The highest BCUT2D eigenvalue weighted by Gasteiger charge is 2.20. The van der Waals surface area contributed by atoms with Gasteiger partial charge >= 0.3 is 12.0 Å². The summed E-state index contributed by atoms with van der Waals surface area (Å²) in [7, 11) is 2.10. The molecular weight excluding hydrogens is 272 g/mol. The summed E-state index contributed by atoms with van der Waals surface area (Å²) >= 11 is 0. The summed E-state index contributed by atoms with van der Waals surface area (Å²) in [6.45, 7) is 1.62. The quantitative estimate of drug-likeness (QED) is 0.931. The lowest BCUT2D eigenvalue weighted by atomic mass is 10.0. The first-order valence-corrected chi connectivity index (χ1v) is 7.10. The molecule has 0 bridgehead atoms. The smallest absolute Gasteiger partial charge is 0.394 e. The highest BCUT2D eigenvalue weighted by atomic mass is 16.6. The van der Waals surface area contributed by atoms with Gasteiger partial charge in [0.1, 0.15) is 12.1 Å². The summed E-state index contributed by atoms with van der Waals surface area (Å²) in [4.78, 5) is 17.4. The molecule has 1 saturated heterocycles. The van der Waals surface area contributed by atoms with Gasteiger partial charge in [-0.05, 0) is 44.6 Å². The molecular formula is C15H18N2O4. The predicted octanol–water partition coefficient (Wildman–Crippen LogP) is 2.39. The minimum atomic E-state index is -0.986. The van der Waals surface area contributed by atoms with Crippen LogP contribution in [0.3, 0.4) is 0 Å². The van der Waals surface area contributed by atoms with Crippen molar-refractivity contribution >= 4 is 17.1 Å². The van der Waals surface area contributed by atoms with Gasteiger partial charge in [0, 0.05) is 6.04 Å². The molecule has 2 aromatic rings. The molecule has 21 heavy (non-hydrogen) atoms. The SMILES string of the molecule is CN1CCCCC1COc1nc2ccc(C(=O)O)cc2o1. The van der Waals surface area contributed by atoms with E-state index < -0.39 is 5.97 Å². The summed E-state index contributed by atoms with van der Waals surface area (Å²) < 4.78 is 11.1. The van der Waals surface area contributed by atoms with E-state index in [2.05, 4.69) is 16.9 Å². The van der Waals surface area contributed by atoms with Crippen LogP contribution in [-0.4, -0.2) is 47.2 Å². The third-order valence-electron chi connectivity index (χ3n) is 3.94. The molecule has 3 rings (SSSR count). The Balaban J connectivity index is 1.71. The molecule has 6 heteroatoms. The van der Waals surface area contributed by atoms with E-state index in [9.17, 15) is 4.79 Å². The number of rotatable bonds is 4. The molecule has 1 N–H and O–H groups in total. The molecule has 1 fully saturated rings. The summed E-state index contributed by atoms with van der Waals surface area (Å²) in [6.07, 6.45) is 3.76. The lowest BCUT2D eigenvalue weighted by Gasteiger charge is -2.31. The van der Waals surface area contributed by atoms with Gasteiger partial charge in [-0.2, -0.15) is 4.98 Å². The van der Waals surface area contributed by atoms with E-state index in [1.54, 1.807) is 6.07 Å². The topological polar surface area (TPSA) is 75.8 Å². The maximum absolute atomic E-state index is 10.9. The first-order valence-electron chi connectivity index (χ1n) is 7.10. The highest BCUT2D eigenvalue weighted by molar-refractivity contribution is 5.91. The molecule has 2 heterocycles. The van der Waals surface area contributed by atoms with Crippen LogP contribution in [0.4, 0.5) is 0 Å². The van der Waals surface area contributed by atoms with Crippen LogP contribution >= 0.6 is 0 Å². The monoisotopic (exact) mass is 290 g/mol. The van der Waals surface area contributed by atoms with E-state index in [-0.39, 0.29) is 11.6 Å². The van der Waals surface area contributed by atoms with Crippen molar-refractivity contribution in [2.45, 2.75) is 25.3 Å². The molecule has 0 spiro atoms. The maximum Gasteiger partial charge on any atom is 0.394 e. The fourth-order valence-corrected chi connectivity index (χ4v) is 2.62. The van der Waals surface area contributed by atoms with Crippen LogP contribution in [0.15, 0.2) is 22.6 Å². The molecule has 0 radical (unpaired) electrons. The van der Waals surface area contributed by atoms with Crippen LogP contribution in [0.2, 0.25) is 0 Å². The van der Waals surface area contributed by atoms with Crippen molar-refractivity contribution in [1.29, 1.82) is 0 Å². The van der Waals surface area contributed by atoms with Gasteiger partial charge < -0.3 is 19.2 Å². The molecule has 1 aliphatic heterocycles. The largest absolute Gasteiger partial charge is 0.478 e. The highest BCUT2D eigenvalue weighted by Crippen LogP contribution is 2.23. The van der Waals surface area contributed by atoms with Crippen LogP contribution in [-0.2, 0) is 0 Å². The van der Waals surface area contributed by atoms with Crippen molar-refractivity contribution < 1.29 is 19.1 Å². The van der Waals surface area contributed by atoms with Gasteiger partial charge in [0.25, 0.3) is 0 Å². The minimum Gasteiger partial charge on any atom is -0.478 e. The average Bonchev–Trinajstić information content (AvgIpc) is 2.88. The predicted molar refractivity (Wildman–Crippen MR) is 76.7 cm³/mol. The van der Waals surface area contributed by atoms with Crippen molar-refractivity contribution in [2.24, 2.45) is 0 Å². The normalized spacial score (nSPS) is 19.8. The van der Waals surface area contributed by atoms with Crippen molar-refractivity contribution in [3.8, 4) is 6.08 Å². The van der Waals surface area contributed by atoms with Gasteiger partial charge in [0.15, 0.2) is 5.58 Å². The number of hydrogen-bond donors (Lipinski definition) is 1. The van der Waals surface area contributed by atoms with E-state index in [4.69, 9.17) is 14.3 Å². The van der Waals surface area contributed by atoms with Gasteiger partial charge in [-0.25, -0.2) is 4.79 Å². The molecule has 1 aliphatic rings. The number of fused-ring (bicyclic) bond motifs is 1. The molecule has 1 aromatic carbocycles. The van der Waals surface area contributed by atoms with Crippen molar-refractivity contribution in [1.82, 2.24) is 9.88 Å². The zero-order valence-electron chi connectivity index (χ0n) is 11.9. The first kappa shape index (κ1) is 13.9. The Bertz CT molecular complexity index is 652. The molecule has 112 valence electrons. The van der Waals surface area contributed by atoms with Crippen molar-refractivity contribution in [3.63, 3.8) is 0 Å². The molecule has 0 aliphatic carbocycles. The summed E-state index contributed by atoms with van der Waals surface area (Å²) in [5.41, 5.74) is 1.21. The maximum atomic E-state index is 10.9. The number of carboxylic acids is 1. The van der Waals surface area contributed by atoms with E-state index in [0.717, 1.165) is 13.0 Å². The van der Waals surface area contributed by atoms with Crippen LogP contribution in [0.5, 0.6) is 6.08 Å². The van der Waals surface area contributed by atoms with Gasteiger partial charge in [0.2, 0.25) is 0 Å². The second-order valence-corrected chi connectivity index (χ2v) is 5.41. The zero-order valence-corrected chi connectivity index (χ0v) is 11.9. The molecule has 0 amide bonds. The Labute approximate surface area is 122 Å². The van der Waals surface area contributed by atoms with E-state index >= 15 is 0 Å². The number of nitrogens with zero attached hydrogens (tertiary/aromatic N) is 2. The van der Waals surface area contributed by atoms with Crippen LogP contribution in [0.1, 0.15) is 29.6 Å². The Morgan fingerprint density at radius 3 is 3.14 bits per heavy atom. The van der Waals surface area contributed by atoms with E-state index in [0.29, 0.717) is 23.7 Å². The Hall–Kier alpha value is -2.08. The number of benzene rings is 1. The Morgan fingerprint density at radius 2 is 2.38 bits per heavy atom. The summed E-state index contributed by atoms with van der Waals surface area (Å²) in [6, 6.07) is 4.97. The zero-order chi connectivity index (χ0) is 14.8. The van der Waals surface area contributed by atoms with Gasteiger partial charge in [-0.15, -0.1) is 0 Å². The molecule has 0 saturated carbocycles. The Morgan fingerprint density at radius 1 is 1.52 bits per heavy atom. The van der Waals surface area contributed by atoms with Gasteiger partial charge in [0.05, 0.1) is 5.56 Å². The van der Waals surface area contributed by atoms with Crippen molar-refractivity contribution in [3.05, 3.63) is 23.8 Å². The lowest BCUT2D eigenvalue weighted by Crippen LogP contribution is -2.40. The number of likely N-dealkylation sites (tertiary alicyclic amines) is 1. The molecule has 1 atom stereocenters. The van der Waals surface area contributed by atoms with Crippen LogP contribution in [0.25, 0.3) is 11.1 Å². The number of likely N-dealkylation sites (N-methyl/N-ethyl adjacent to an activating group) is 1. The number of aromatic carboxylic acids is 1. The van der Waals surface area contributed by atoms with Gasteiger partial charge in [-0.1, -0.05) is 6.42 Å². The molecule has 1 unspecified atom stereocenters.